The average Bonchev–Trinajstić information content (AvgIpc) is 3.56. The smallest absolute Gasteiger partial charge is 0.408 e. The number of carboxylic acids is 1. The molecule has 278 valence electrons. The van der Waals surface area contributed by atoms with E-state index in [1.807, 2.05) is 60.7 Å². The lowest BCUT2D eigenvalue weighted by molar-refractivity contribution is -0.150. The van der Waals surface area contributed by atoms with Crippen LogP contribution >= 0.6 is 23.1 Å². The summed E-state index contributed by atoms with van der Waals surface area (Å²) in [6.07, 6.45) is -0.428. The molecule has 1 fully saturated rings. The van der Waals surface area contributed by atoms with Gasteiger partial charge in [0.15, 0.2) is 16.9 Å². The van der Waals surface area contributed by atoms with E-state index in [2.05, 4.69) is 27.4 Å². The first-order chi connectivity index (χ1) is 25.3. The molecule has 15 nitrogen and oxygen atoms in total. The molecule has 3 atom stereocenters. The van der Waals surface area contributed by atoms with Gasteiger partial charge in [-0.2, -0.15) is 0 Å². The predicted octanol–water partition coefficient (Wildman–Crippen LogP) is 3.99. The van der Waals surface area contributed by atoms with Gasteiger partial charge in [-0.3, -0.25) is 14.5 Å². The molecule has 1 aromatic heterocycles. The van der Waals surface area contributed by atoms with Crippen LogP contribution in [0.2, 0.25) is 0 Å². The predicted molar refractivity (Wildman–Crippen MR) is 197 cm³/mol. The number of amides is 3. The highest BCUT2D eigenvalue weighted by atomic mass is 32.2. The molecule has 2 aliphatic rings. The number of carbonyl (C=O) groups is 5. The third-order valence-corrected chi connectivity index (χ3v) is 9.76. The van der Waals surface area contributed by atoms with Gasteiger partial charge in [-0.25, -0.2) is 19.4 Å². The molecule has 17 heteroatoms. The Balaban J connectivity index is 1.32. The van der Waals surface area contributed by atoms with Crippen LogP contribution in [0, 0.1) is 0 Å². The number of rotatable bonds is 14. The number of thioether (sulfide) groups is 1. The number of alkyl carbamates (subject to hydrolysis) is 1. The number of aromatic nitrogens is 1. The summed E-state index contributed by atoms with van der Waals surface area (Å²) in [5.74, 6) is -3.24. The Morgan fingerprint density at radius 1 is 1.11 bits per heavy atom. The zero-order chi connectivity index (χ0) is 38.3. The lowest BCUT2D eigenvalue weighted by Gasteiger charge is -2.49. The van der Waals surface area contributed by atoms with Crippen molar-refractivity contribution in [1.82, 2.24) is 20.5 Å². The highest BCUT2D eigenvalue weighted by molar-refractivity contribution is 8.00. The number of allylic oxidation sites excluding steroid dienone is 1. The molecular formula is C36H38N6O9S2. The highest BCUT2D eigenvalue weighted by Gasteiger charge is 2.54. The summed E-state index contributed by atoms with van der Waals surface area (Å²) < 4.78 is 11.4. The van der Waals surface area contributed by atoms with E-state index < -0.39 is 59.0 Å². The molecule has 0 bridgehead atoms. The summed E-state index contributed by atoms with van der Waals surface area (Å²) in [5.41, 5.74) is 6.32. The van der Waals surface area contributed by atoms with Gasteiger partial charge < -0.3 is 35.8 Å². The molecule has 3 heterocycles. The van der Waals surface area contributed by atoms with Crippen LogP contribution in [-0.4, -0.2) is 86.0 Å². The number of nitrogen functional groups attached to an aromatic ring is 1. The number of thiazole rings is 1. The van der Waals surface area contributed by atoms with Gasteiger partial charge in [0.2, 0.25) is 0 Å². The fourth-order valence-corrected chi connectivity index (χ4v) is 7.26. The molecule has 3 aromatic rings. The number of nitrogens with zero attached hydrogens (tertiary/aromatic N) is 3. The number of nitrogens with two attached hydrogens (primary N) is 1. The first kappa shape index (κ1) is 38.5. The number of nitrogens with one attached hydrogen (secondary N) is 2. The summed E-state index contributed by atoms with van der Waals surface area (Å²) >= 11 is 2.32. The van der Waals surface area contributed by atoms with Crippen molar-refractivity contribution in [2.75, 3.05) is 18.1 Å². The molecule has 0 aliphatic carbocycles. The second-order valence-electron chi connectivity index (χ2n) is 12.7. The topological polar surface area (TPSA) is 212 Å². The second-order valence-corrected chi connectivity index (χ2v) is 14.7. The van der Waals surface area contributed by atoms with Gasteiger partial charge in [-0.1, -0.05) is 78.5 Å². The number of ether oxygens (including phenoxy) is 2. The summed E-state index contributed by atoms with van der Waals surface area (Å²) in [5, 5.41) is 19.8. The molecule has 53 heavy (non-hydrogen) atoms. The lowest BCUT2D eigenvalue weighted by atomic mass is 10.0. The molecule has 2 aliphatic heterocycles. The van der Waals surface area contributed by atoms with Gasteiger partial charge >= 0.3 is 18.0 Å². The minimum Gasteiger partial charge on any atom is -0.477 e. The number of carbonyl (C=O) groups excluding carboxylic acids is 4. The molecule has 2 aromatic carbocycles. The Morgan fingerprint density at radius 2 is 1.75 bits per heavy atom. The van der Waals surface area contributed by atoms with Crippen molar-refractivity contribution in [2.45, 2.75) is 56.4 Å². The summed E-state index contributed by atoms with van der Waals surface area (Å²) in [4.78, 5) is 75.8. The van der Waals surface area contributed by atoms with Crippen molar-refractivity contribution < 1.29 is 43.4 Å². The van der Waals surface area contributed by atoms with Gasteiger partial charge in [-0.05, 0) is 37.5 Å². The summed E-state index contributed by atoms with van der Waals surface area (Å²) in [6, 6.07) is 15.9. The van der Waals surface area contributed by atoms with Gasteiger partial charge in [0.1, 0.15) is 41.1 Å². The maximum atomic E-state index is 13.7. The number of hydrogen-bond acceptors (Lipinski definition) is 13. The normalized spacial score (nSPS) is 17.6. The van der Waals surface area contributed by atoms with E-state index in [4.69, 9.17) is 20.0 Å². The van der Waals surface area contributed by atoms with Gasteiger partial charge in [0.25, 0.3) is 11.8 Å². The van der Waals surface area contributed by atoms with Crippen LogP contribution in [0.4, 0.5) is 9.93 Å². The fourth-order valence-electron chi connectivity index (χ4n) is 5.37. The number of anilines is 1. The Morgan fingerprint density at radius 3 is 2.30 bits per heavy atom. The highest BCUT2D eigenvalue weighted by Crippen LogP contribution is 2.40. The van der Waals surface area contributed by atoms with Crippen molar-refractivity contribution in [1.29, 1.82) is 0 Å². The summed E-state index contributed by atoms with van der Waals surface area (Å²) in [7, 11) is 0. The van der Waals surface area contributed by atoms with E-state index in [0.29, 0.717) is 16.7 Å². The standard InChI is InChI=1S/C36H38N6O9S2/c1-5-20-18-52-31-26(30(44)42(31)27(20)32(45)46)40-29(43)25(24-19-53-34(37)38-24)41-49-17-16-23(39-35(48)51-36(2,3)4)33(47)50-28(21-12-8-6-9-13-21)22-14-10-7-11-15-22/h5-15,19,23,26,28,31H,1,16-18H2,2-4H3,(H2,37,38)(H,39,48)(H,40,43)(H,45,46)/t23?,26?,31-/m0/s1. The minimum atomic E-state index is -1.28. The van der Waals surface area contributed by atoms with E-state index in [-0.39, 0.29) is 41.0 Å². The van der Waals surface area contributed by atoms with E-state index in [1.54, 1.807) is 20.8 Å². The molecule has 3 amide bonds. The number of aliphatic carboxylic acids is 1. The molecule has 0 saturated carbocycles. The van der Waals surface area contributed by atoms with Crippen molar-refractivity contribution in [2.24, 2.45) is 5.16 Å². The number of benzene rings is 2. The molecule has 5 N–H and O–H groups in total. The van der Waals surface area contributed by atoms with Crippen LogP contribution in [0.15, 0.2) is 95.1 Å². The van der Waals surface area contributed by atoms with Gasteiger partial charge in [0, 0.05) is 17.6 Å². The zero-order valence-corrected chi connectivity index (χ0v) is 30.6. The van der Waals surface area contributed by atoms with E-state index in [9.17, 15) is 29.1 Å². The molecular weight excluding hydrogens is 725 g/mol. The Bertz CT molecular complexity index is 1890. The van der Waals surface area contributed by atoms with Crippen LogP contribution in [0.25, 0.3) is 0 Å². The molecule has 0 radical (unpaired) electrons. The van der Waals surface area contributed by atoms with Crippen molar-refractivity contribution in [3.8, 4) is 0 Å². The van der Waals surface area contributed by atoms with Crippen LogP contribution in [0.5, 0.6) is 0 Å². The molecule has 2 unspecified atom stereocenters. The SMILES string of the molecule is C=CC1=C(C(=O)O)N2C(=O)C(NC(=O)C(=NOCCC(NC(=O)OC(C)(C)C)C(=O)OC(c3ccccc3)c3ccccc3)c3csc(N)n3)[C@@H]2SC1. The van der Waals surface area contributed by atoms with Crippen LogP contribution in [-0.2, 0) is 33.5 Å². The number of β-lactam (4-membered cyclic amide) rings is 1. The Labute approximate surface area is 313 Å². The molecule has 1 saturated heterocycles. The van der Waals surface area contributed by atoms with Crippen LogP contribution < -0.4 is 16.4 Å². The third-order valence-electron chi connectivity index (χ3n) is 7.78. The van der Waals surface area contributed by atoms with Gasteiger partial charge in [0.05, 0.1) is 0 Å². The maximum absolute atomic E-state index is 13.7. The first-order valence-electron chi connectivity index (χ1n) is 16.3. The van der Waals surface area contributed by atoms with Crippen molar-refractivity contribution in [3.63, 3.8) is 0 Å². The van der Waals surface area contributed by atoms with Crippen LogP contribution in [0.3, 0.4) is 0 Å². The number of fused-ring (bicyclic) bond motifs is 1. The monoisotopic (exact) mass is 762 g/mol. The first-order valence-corrected chi connectivity index (χ1v) is 18.3. The lowest BCUT2D eigenvalue weighted by Crippen LogP contribution is -2.71. The fraction of sp³-hybridized carbons (Fsp3) is 0.306. The summed E-state index contributed by atoms with van der Waals surface area (Å²) in [6.45, 7) is 8.38. The Hall–Kier alpha value is -5.68. The van der Waals surface area contributed by atoms with E-state index in [0.717, 1.165) is 16.2 Å². The number of hydrogen-bond donors (Lipinski definition) is 4. The van der Waals surface area contributed by atoms with E-state index >= 15 is 0 Å². The van der Waals surface area contributed by atoms with Crippen molar-refractivity contribution >= 4 is 63.8 Å². The van der Waals surface area contributed by atoms with Gasteiger partial charge in [-0.15, -0.1) is 23.1 Å². The molecule has 0 spiro atoms. The quantitative estimate of drug-likeness (QED) is 0.0604. The zero-order valence-electron chi connectivity index (χ0n) is 29.0. The number of carboxylic acid groups (broad SMARTS) is 1. The Kier molecular flexibility index (Phi) is 12.2. The minimum absolute atomic E-state index is 0.0568. The number of oxime groups is 1. The van der Waals surface area contributed by atoms with E-state index in [1.165, 1.54) is 23.2 Å². The average molecular weight is 763 g/mol. The maximum Gasteiger partial charge on any atom is 0.408 e. The largest absolute Gasteiger partial charge is 0.477 e. The number of esters is 1. The van der Waals surface area contributed by atoms with Crippen LogP contribution in [0.1, 0.15) is 50.1 Å². The molecule has 5 rings (SSSR count). The second kappa shape index (κ2) is 16.8. The van der Waals surface area contributed by atoms with Crippen molar-refractivity contribution in [3.05, 3.63) is 107 Å². The third kappa shape index (κ3) is 9.41.